The van der Waals surface area contributed by atoms with Gasteiger partial charge in [-0.3, -0.25) is 4.79 Å². The van der Waals surface area contributed by atoms with Crippen LogP contribution in [0.5, 0.6) is 0 Å². The van der Waals surface area contributed by atoms with E-state index in [4.69, 9.17) is 16.3 Å². The van der Waals surface area contributed by atoms with Crippen LogP contribution in [0.4, 0.5) is 5.82 Å². The number of hydrogen-bond acceptors (Lipinski definition) is 5. The molecule has 1 N–H and O–H groups in total. The molecule has 1 aromatic heterocycles. The molecular weight excluding hydrogens is 280 g/mol. The zero-order valence-electron chi connectivity index (χ0n) is 11.7. The largest absolute Gasteiger partial charge is 0.377 e. The second kappa shape index (κ2) is 6.85. The van der Waals surface area contributed by atoms with E-state index in [0.717, 1.165) is 12.0 Å². The first kappa shape index (κ1) is 15.0. The molecule has 0 spiro atoms. The molecule has 0 aliphatic carbocycles. The predicted molar refractivity (Wildman–Crippen MR) is 77.0 cm³/mol. The Morgan fingerprint density at radius 3 is 3.15 bits per heavy atom. The maximum absolute atomic E-state index is 12.2. The van der Waals surface area contributed by atoms with Gasteiger partial charge < -0.3 is 15.0 Å². The molecule has 1 aliphatic heterocycles. The van der Waals surface area contributed by atoms with Gasteiger partial charge in [0, 0.05) is 18.7 Å². The van der Waals surface area contributed by atoms with Gasteiger partial charge in [-0.05, 0) is 13.3 Å². The number of carbonyl (C=O) groups excluding carboxylic acids is 1. The summed E-state index contributed by atoms with van der Waals surface area (Å²) in [5, 5.41) is 3.31. The Bertz CT molecular complexity index is 483. The van der Waals surface area contributed by atoms with Gasteiger partial charge in [0.1, 0.15) is 23.3 Å². The summed E-state index contributed by atoms with van der Waals surface area (Å²) in [5.41, 5.74) is 0.782. The molecule has 110 valence electrons. The van der Waals surface area contributed by atoms with E-state index in [1.54, 1.807) is 0 Å². The maximum Gasteiger partial charge on any atom is 0.245 e. The highest BCUT2D eigenvalue weighted by atomic mass is 35.5. The van der Waals surface area contributed by atoms with E-state index in [2.05, 4.69) is 15.3 Å². The van der Waals surface area contributed by atoms with Crippen LogP contribution >= 0.6 is 11.6 Å². The lowest BCUT2D eigenvalue weighted by Gasteiger charge is -2.36. The SMILES string of the molecule is CCCNC(=O)C1COCCN1c1ncnc(Cl)c1C. The van der Waals surface area contributed by atoms with Crippen LogP contribution in [0.3, 0.4) is 0 Å². The molecule has 1 aromatic rings. The number of anilines is 1. The minimum Gasteiger partial charge on any atom is -0.377 e. The van der Waals surface area contributed by atoms with Crippen molar-refractivity contribution in [2.45, 2.75) is 26.3 Å². The lowest BCUT2D eigenvalue weighted by molar-refractivity contribution is -0.124. The quantitative estimate of drug-likeness (QED) is 0.845. The third kappa shape index (κ3) is 3.19. The minimum atomic E-state index is -0.375. The molecule has 1 unspecified atom stereocenters. The molecule has 6 nitrogen and oxygen atoms in total. The maximum atomic E-state index is 12.2. The third-order valence-corrected chi connectivity index (χ3v) is 3.63. The smallest absolute Gasteiger partial charge is 0.245 e. The molecule has 0 saturated carbocycles. The van der Waals surface area contributed by atoms with Crippen LogP contribution < -0.4 is 10.2 Å². The zero-order chi connectivity index (χ0) is 14.5. The summed E-state index contributed by atoms with van der Waals surface area (Å²) < 4.78 is 5.43. The van der Waals surface area contributed by atoms with Gasteiger partial charge in [0.05, 0.1) is 13.2 Å². The standard InChI is InChI=1S/C13H19ClN4O2/c1-3-4-15-13(19)10-7-20-6-5-18(10)12-9(2)11(14)16-8-17-12/h8,10H,3-7H2,1-2H3,(H,15,19). The van der Waals surface area contributed by atoms with E-state index >= 15 is 0 Å². The highest BCUT2D eigenvalue weighted by Crippen LogP contribution is 2.25. The van der Waals surface area contributed by atoms with E-state index in [0.29, 0.717) is 37.3 Å². The first-order chi connectivity index (χ1) is 9.65. The van der Waals surface area contributed by atoms with Crippen LogP contribution in [-0.2, 0) is 9.53 Å². The summed E-state index contributed by atoms with van der Waals surface area (Å²) in [6, 6.07) is -0.375. The fourth-order valence-corrected chi connectivity index (χ4v) is 2.28. The zero-order valence-corrected chi connectivity index (χ0v) is 12.5. The molecule has 7 heteroatoms. The van der Waals surface area contributed by atoms with E-state index in [-0.39, 0.29) is 11.9 Å². The average molecular weight is 299 g/mol. The molecule has 1 atom stereocenters. The van der Waals surface area contributed by atoms with Gasteiger partial charge in [-0.1, -0.05) is 18.5 Å². The van der Waals surface area contributed by atoms with Crippen LogP contribution in [-0.4, -0.2) is 48.2 Å². The summed E-state index contributed by atoms with van der Waals surface area (Å²) in [4.78, 5) is 22.4. The van der Waals surface area contributed by atoms with Crippen molar-refractivity contribution in [1.82, 2.24) is 15.3 Å². The Morgan fingerprint density at radius 1 is 1.60 bits per heavy atom. The molecule has 0 radical (unpaired) electrons. The van der Waals surface area contributed by atoms with Crippen molar-refractivity contribution in [2.24, 2.45) is 0 Å². The molecule has 1 aliphatic rings. The number of morpholine rings is 1. The number of amides is 1. The van der Waals surface area contributed by atoms with Gasteiger partial charge >= 0.3 is 0 Å². The number of nitrogens with zero attached hydrogens (tertiary/aromatic N) is 3. The monoisotopic (exact) mass is 298 g/mol. The molecule has 0 bridgehead atoms. The summed E-state index contributed by atoms with van der Waals surface area (Å²) in [7, 11) is 0. The van der Waals surface area contributed by atoms with Crippen LogP contribution in [0.1, 0.15) is 18.9 Å². The van der Waals surface area contributed by atoms with Crippen molar-refractivity contribution in [3.05, 3.63) is 17.0 Å². The van der Waals surface area contributed by atoms with E-state index in [1.807, 2.05) is 18.7 Å². The first-order valence-corrected chi connectivity index (χ1v) is 7.12. The topological polar surface area (TPSA) is 67.3 Å². The number of nitrogens with one attached hydrogen (secondary N) is 1. The normalized spacial score (nSPS) is 18.9. The lowest BCUT2D eigenvalue weighted by Crippen LogP contribution is -2.54. The van der Waals surface area contributed by atoms with Gasteiger partial charge in [0.2, 0.25) is 5.91 Å². The van der Waals surface area contributed by atoms with Gasteiger partial charge in [-0.25, -0.2) is 9.97 Å². The molecule has 0 aromatic carbocycles. The second-order valence-electron chi connectivity index (χ2n) is 4.69. The average Bonchev–Trinajstić information content (AvgIpc) is 2.47. The van der Waals surface area contributed by atoms with Crippen molar-refractivity contribution in [1.29, 1.82) is 0 Å². The van der Waals surface area contributed by atoms with Crippen LogP contribution in [0.2, 0.25) is 5.15 Å². The molecule has 1 saturated heterocycles. The molecule has 2 rings (SSSR count). The Balaban J connectivity index is 2.22. The first-order valence-electron chi connectivity index (χ1n) is 6.74. The Labute approximate surface area is 123 Å². The minimum absolute atomic E-state index is 0.0410. The van der Waals surface area contributed by atoms with Crippen LogP contribution in [0.15, 0.2) is 6.33 Å². The van der Waals surface area contributed by atoms with Gasteiger partial charge in [-0.15, -0.1) is 0 Å². The Hall–Kier alpha value is -1.40. The Morgan fingerprint density at radius 2 is 2.40 bits per heavy atom. The van der Waals surface area contributed by atoms with Crippen LogP contribution in [0, 0.1) is 6.92 Å². The van der Waals surface area contributed by atoms with Gasteiger partial charge in [0.25, 0.3) is 0 Å². The van der Waals surface area contributed by atoms with E-state index in [1.165, 1.54) is 6.33 Å². The molecule has 2 heterocycles. The van der Waals surface area contributed by atoms with Crippen LogP contribution in [0.25, 0.3) is 0 Å². The summed E-state index contributed by atoms with van der Waals surface area (Å²) >= 11 is 6.03. The fraction of sp³-hybridized carbons (Fsp3) is 0.615. The highest BCUT2D eigenvalue weighted by Gasteiger charge is 2.31. The molecule has 20 heavy (non-hydrogen) atoms. The molecule has 1 amide bonds. The summed E-state index contributed by atoms with van der Waals surface area (Å²) in [6.45, 7) is 6.07. The van der Waals surface area contributed by atoms with Crippen molar-refractivity contribution in [2.75, 3.05) is 31.2 Å². The predicted octanol–water partition coefficient (Wildman–Crippen LogP) is 1.17. The Kier molecular flexibility index (Phi) is 5.14. The summed E-state index contributed by atoms with van der Waals surface area (Å²) in [5.74, 6) is 0.658. The molecule has 1 fully saturated rings. The van der Waals surface area contributed by atoms with Crippen molar-refractivity contribution >= 4 is 23.3 Å². The number of rotatable bonds is 4. The van der Waals surface area contributed by atoms with Gasteiger partial charge in [-0.2, -0.15) is 0 Å². The fourth-order valence-electron chi connectivity index (χ4n) is 2.15. The lowest BCUT2D eigenvalue weighted by atomic mass is 10.2. The highest BCUT2D eigenvalue weighted by molar-refractivity contribution is 6.30. The van der Waals surface area contributed by atoms with Crippen molar-refractivity contribution < 1.29 is 9.53 Å². The summed E-state index contributed by atoms with van der Waals surface area (Å²) in [6.07, 6.45) is 2.32. The third-order valence-electron chi connectivity index (χ3n) is 3.25. The molecular formula is C13H19ClN4O2. The van der Waals surface area contributed by atoms with Crippen molar-refractivity contribution in [3.63, 3.8) is 0 Å². The second-order valence-corrected chi connectivity index (χ2v) is 5.05. The van der Waals surface area contributed by atoms with E-state index in [9.17, 15) is 4.79 Å². The van der Waals surface area contributed by atoms with E-state index < -0.39 is 0 Å². The number of aromatic nitrogens is 2. The van der Waals surface area contributed by atoms with Crippen molar-refractivity contribution in [3.8, 4) is 0 Å². The number of ether oxygens (including phenoxy) is 1. The number of hydrogen-bond donors (Lipinski definition) is 1. The number of carbonyl (C=O) groups is 1. The van der Waals surface area contributed by atoms with Gasteiger partial charge in [0.15, 0.2) is 0 Å². The number of halogens is 1.